The SMILES string of the molecule is COC(=O)CNS(=O)(=O)c1ccc(NC(=O)c2ccc(F)c(F)c2)cc1. The number of amides is 1. The number of anilines is 1. The molecule has 0 atom stereocenters. The maximum Gasteiger partial charge on any atom is 0.320 e. The Kier molecular flexibility index (Phi) is 6.01. The van der Waals surface area contributed by atoms with Crippen LogP contribution in [-0.2, 0) is 19.6 Å². The van der Waals surface area contributed by atoms with Crippen LogP contribution in [0, 0.1) is 11.6 Å². The molecule has 138 valence electrons. The van der Waals surface area contributed by atoms with Gasteiger partial charge in [0.25, 0.3) is 5.91 Å². The first-order valence-corrected chi connectivity index (χ1v) is 8.64. The Hall–Kier alpha value is -2.85. The lowest BCUT2D eigenvalue weighted by Crippen LogP contribution is -2.30. The Balaban J connectivity index is 2.08. The van der Waals surface area contributed by atoms with Gasteiger partial charge in [-0.3, -0.25) is 9.59 Å². The Morgan fingerprint density at radius 3 is 2.27 bits per heavy atom. The van der Waals surface area contributed by atoms with Gasteiger partial charge in [0.15, 0.2) is 11.6 Å². The first-order valence-electron chi connectivity index (χ1n) is 7.16. The van der Waals surface area contributed by atoms with E-state index in [1.165, 1.54) is 24.3 Å². The number of benzene rings is 2. The molecule has 2 N–H and O–H groups in total. The highest BCUT2D eigenvalue weighted by atomic mass is 32.2. The Morgan fingerprint density at radius 2 is 1.69 bits per heavy atom. The molecule has 10 heteroatoms. The number of hydrogen-bond donors (Lipinski definition) is 2. The van der Waals surface area contributed by atoms with Crippen LogP contribution in [0.5, 0.6) is 0 Å². The van der Waals surface area contributed by atoms with Crippen LogP contribution in [0.15, 0.2) is 47.4 Å². The van der Waals surface area contributed by atoms with E-state index in [-0.39, 0.29) is 16.1 Å². The Labute approximate surface area is 148 Å². The summed E-state index contributed by atoms with van der Waals surface area (Å²) < 4.78 is 56.4. The molecule has 0 aromatic heterocycles. The van der Waals surface area contributed by atoms with E-state index in [0.29, 0.717) is 0 Å². The van der Waals surface area contributed by atoms with Crippen molar-refractivity contribution in [2.75, 3.05) is 19.0 Å². The molecule has 1 amide bonds. The van der Waals surface area contributed by atoms with Gasteiger partial charge in [0.1, 0.15) is 6.54 Å². The lowest BCUT2D eigenvalue weighted by Gasteiger charge is -2.08. The van der Waals surface area contributed by atoms with Crippen LogP contribution in [0.1, 0.15) is 10.4 Å². The van der Waals surface area contributed by atoms with Crippen molar-refractivity contribution in [2.45, 2.75) is 4.90 Å². The molecule has 0 aliphatic rings. The molecule has 0 saturated carbocycles. The zero-order chi connectivity index (χ0) is 19.3. The summed E-state index contributed by atoms with van der Waals surface area (Å²) in [5.74, 6) is -3.67. The normalized spacial score (nSPS) is 11.0. The van der Waals surface area contributed by atoms with E-state index in [1.807, 2.05) is 0 Å². The van der Waals surface area contributed by atoms with E-state index in [9.17, 15) is 26.8 Å². The molecule has 0 bridgehead atoms. The molecule has 7 nitrogen and oxygen atoms in total. The molecular weight excluding hydrogens is 370 g/mol. The summed E-state index contributed by atoms with van der Waals surface area (Å²) in [5, 5.41) is 2.43. The van der Waals surface area contributed by atoms with Gasteiger partial charge in [0, 0.05) is 11.3 Å². The van der Waals surface area contributed by atoms with Gasteiger partial charge in [-0.05, 0) is 42.5 Å². The molecule has 0 spiro atoms. The van der Waals surface area contributed by atoms with Crippen molar-refractivity contribution in [1.82, 2.24) is 4.72 Å². The van der Waals surface area contributed by atoms with Crippen molar-refractivity contribution < 1.29 is 31.5 Å². The fraction of sp³-hybridized carbons (Fsp3) is 0.125. The van der Waals surface area contributed by atoms with E-state index >= 15 is 0 Å². The number of carbonyl (C=O) groups excluding carboxylic acids is 2. The second-order valence-electron chi connectivity index (χ2n) is 5.01. The molecule has 0 unspecified atom stereocenters. The van der Waals surface area contributed by atoms with Crippen molar-refractivity contribution in [3.8, 4) is 0 Å². The molecule has 2 aromatic rings. The number of carbonyl (C=O) groups is 2. The molecule has 0 aliphatic heterocycles. The molecule has 0 radical (unpaired) electrons. The number of ether oxygens (including phenoxy) is 1. The van der Waals surface area contributed by atoms with Crippen LogP contribution in [0.3, 0.4) is 0 Å². The molecule has 2 aromatic carbocycles. The van der Waals surface area contributed by atoms with Crippen LogP contribution in [0.2, 0.25) is 0 Å². The van der Waals surface area contributed by atoms with Gasteiger partial charge in [0.2, 0.25) is 10.0 Å². The van der Waals surface area contributed by atoms with Crippen LogP contribution >= 0.6 is 0 Å². The fourth-order valence-electron chi connectivity index (χ4n) is 1.87. The summed E-state index contributed by atoms with van der Waals surface area (Å²) >= 11 is 0. The molecule has 26 heavy (non-hydrogen) atoms. The monoisotopic (exact) mass is 384 g/mol. The van der Waals surface area contributed by atoms with Crippen LogP contribution < -0.4 is 10.0 Å². The molecular formula is C16H14F2N2O5S. The maximum absolute atomic E-state index is 13.2. The minimum atomic E-state index is -3.93. The minimum absolute atomic E-state index is 0.0969. The van der Waals surface area contributed by atoms with Gasteiger partial charge in [-0.2, -0.15) is 4.72 Å². The highest BCUT2D eigenvalue weighted by Crippen LogP contribution is 2.16. The van der Waals surface area contributed by atoms with Gasteiger partial charge in [-0.25, -0.2) is 17.2 Å². The number of esters is 1. The minimum Gasteiger partial charge on any atom is -0.468 e. The quantitative estimate of drug-likeness (QED) is 0.738. The molecule has 0 aliphatic carbocycles. The van der Waals surface area contributed by atoms with Crippen molar-refractivity contribution in [3.05, 3.63) is 59.7 Å². The molecule has 0 saturated heterocycles. The van der Waals surface area contributed by atoms with Crippen molar-refractivity contribution >= 4 is 27.6 Å². The number of rotatable bonds is 6. The van der Waals surface area contributed by atoms with Gasteiger partial charge in [-0.15, -0.1) is 0 Å². The predicted octanol–water partition coefficient (Wildman–Crippen LogP) is 1.67. The smallest absolute Gasteiger partial charge is 0.320 e. The largest absolute Gasteiger partial charge is 0.468 e. The van der Waals surface area contributed by atoms with Gasteiger partial charge < -0.3 is 10.1 Å². The van der Waals surface area contributed by atoms with Gasteiger partial charge in [0.05, 0.1) is 12.0 Å². The van der Waals surface area contributed by atoms with E-state index in [2.05, 4.69) is 14.8 Å². The second-order valence-corrected chi connectivity index (χ2v) is 6.78. The lowest BCUT2D eigenvalue weighted by molar-refractivity contribution is -0.139. The van der Waals surface area contributed by atoms with Crippen molar-refractivity contribution in [2.24, 2.45) is 0 Å². The molecule has 2 rings (SSSR count). The first-order chi connectivity index (χ1) is 12.2. The van der Waals surface area contributed by atoms with E-state index in [0.717, 1.165) is 25.3 Å². The highest BCUT2D eigenvalue weighted by Gasteiger charge is 2.16. The summed E-state index contributed by atoms with van der Waals surface area (Å²) in [7, 11) is -2.80. The summed E-state index contributed by atoms with van der Waals surface area (Å²) in [5.41, 5.74) is 0.145. The van der Waals surface area contributed by atoms with Crippen LogP contribution in [-0.4, -0.2) is 33.9 Å². The topological polar surface area (TPSA) is 102 Å². The third kappa shape index (κ3) is 4.83. The van der Waals surface area contributed by atoms with Crippen LogP contribution in [0.4, 0.5) is 14.5 Å². The maximum atomic E-state index is 13.2. The number of hydrogen-bond acceptors (Lipinski definition) is 5. The summed E-state index contributed by atoms with van der Waals surface area (Å²) in [6.07, 6.45) is 0. The van der Waals surface area contributed by atoms with E-state index in [4.69, 9.17) is 0 Å². The van der Waals surface area contributed by atoms with Crippen molar-refractivity contribution in [1.29, 1.82) is 0 Å². The Bertz CT molecular complexity index is 930. The standard InChI is InChI=1S/C16H14F2N2O5S/c1-25-15(21)9-19-26(23,24)12-5-3-11(4-6-12)20-16(22)10-2-7-13(17)14(18)8-10/h2-8,19H,9H2,1H3,(H,20,22). The average Bonchev–Trinajstić information content (AvgIpc) is 2.62. The number of methoxy groups -OCH3 is 1. The average molecular weight is 384 g/mol. The van der Waals surface area contributed by atoms with Crippen LogP contribution in [0.25, 0.3) is 0 Å². The molecule has 0 fully saturated rings. The Morgan fingerprint density at radius 1 is 1.04 bits per heavy atom. The fourth-order valence-corrected chi connectivity index (χ4v) is 2.84. The number of nitrogens with one attached hydrogen (secondary N) is 2. The van der Waals surface area contributed by atoms with Gasteiger partial charge in [-0.1, -0.05) is 0 Å². The van der Waals surface area contributed by atoms with E-state index in [1.54, 1.807) is 0 Å². The summed E-state index contributed by atoms with van der Waals surface area (Å²) in [6, 6.07) is 7.73. The highest BCUT2D eigenvalue weighted by molar-refractivity contribution is 7.89. The second kappa shape index (κ2) is 8.02. The lowest BCUT2D eigenvalue weighted by atomic mass is 10.2. The number of halogens is 2. The third-order valence-corrected chi connectivity index (χ3v) is 4.66. The number of sulfonamides is 1. The summed E-state index contributed by atoms with van der Waals surface area (Å²) in [4.78, 5) is 22.9. The summed E-state index contributed by atoms with van der Waals surface area (Å²) in [6.45, 7) is -0.520. The molecule has 0 heterocycles. The zero-order valence-corrected chi connectivity index (χ0v) is 14.3. The van der Waals surface area contributed by atoms with E-state index < -0.39 is 40.1 Å². The van der Waals surface area contributed by atoms with Gasteiger partial charge >= 0.3 is 5.97 Å². The predicted molar refractivity (Wildman–Crippen MR) is 88.0 cm³/mol. The first kappa shape index (κ1) is 19.5. The zero-order valence-electron chi connectivity index (χ0n) is 13.5. The third-order valence-electron chi connectivity index (χ3n) is 3.24. The van der Waals surface area contributed by atoms with Crippen molar-refractivity contribution in [3.63, 3.8) is 0 Å².